The van der Waals surface area contributed by atoms with Gasteiger partial charge in [-0.05, 0) is 96.3 Å². The summed E-state index contributed by atoms with van der Waals surface area (Å²) < 4.78 is 17.0. The molecule has 1 unspecified atom stereocenters. The van der Waals surface area contributed by atoms with Crippen LogP contribution in [0.3, 0.4) is 0 Å². The van der Waals surface area contributed by atoms with Crippen LogP contribution in [0.25, 0.3) is 0 Å². The first-order chi connectivity index (χ1) is 41.0. The van der Waals surface area contributed by atoms with Crippen LogP contribution >= 0.6 is 0 Å². The molecule has 0 aromatic rings. The number of hydrogen-bond donors (Lipinski definition) is 0. The lowest BCUT2D eigenvalue weighted by atomic mass is 10.0. The molecule has 0 amide bonds. The van der Waals surface area contributed by atoms with Crippen molar-refractivity contribution in [2.24, 2.45) is 0 Å². The van der Waals surface area contributed by atoms with Crippen molar-refractivity contribution in [3.63, 3.8) is 0 Å². The van der Waals surface area contributed by atoms with Crippen molar-refractivity contribution in [1.82, 2.24) is 0 Å². The van der Waals surface area contributed by atoms with Crippen LogP contribution in [0, 0.1) is 0 Å². The number of carbonyl (C=O) groups excluding carboxylic acids is 3. The van der Waals surface area contributed by atoms with E-state index in [-0.39, 0.29) is 31.1 Å². The van der Waals surface area contributed by atoms with E-state index in [9.17, 15) is 14.4 Å². The number of ether oxygens (including phenoxy) is 3. The second-order valence-electron chi connectivity index (χ2n) is 24.1. The highest BCUT2D eigenvalue weighted by Crippen LogP contribution is 2.18. The zero-order chi connectivity index (χ0) is 59.9. The first kappa shape index (κ1) is 79.6. The summed E-state index contributed by atoms with van der Waals surface area (Å²) in [5.41, 5.74) is 0. The fourth-order valence-electron chi connectivity index (χ4n) is 10.5. The Balaban J connectivity index is 4.34. The highest BCUT2D eigenvalue weighted by molar-refractivity contribution is 5.71. The van der Waals surface area contributed by atoms with Gasteiger partial charge in [0, 0.05) is 19.3 Å². The summed E-state index contributed by atoms with van der Waals surface area (Å²) in [6.45, 7) is 6.56. The van der Waals surface area contributed by atoms with Crippen LogP contribution in [-0.2, 0) is 28.6 Å². The molecule has 0 radical (unpaired) electrons. The SMILES string of the molecule is CC/C=C\C/C=C\C/C=C\C/C=C\C/C=C\C/C=C\CCCCCCCCC(=O)OCC(COC(=O)CCCCCCC/C=C\CCCCCCCC)OC(=O)CCCCCCCCCCCCCCCCCCCCCCCCCCC. The van der Waals surface area contributed by atoms with E-state index in [4.69, 9.17) is 14.2 Å². The largest absolute Gasteiger partial charge is 0.462 e. The van der Waals surface area contributed by atoms with Crippen LogP contribution in [-0.4, -0.2) is 37.2 Å². The lowest BCUT2D eigenvalue weighted by molar-refractivity contribution is -0.167. The molecule has 0 spiro atoms. The molecule has 0 aromatic heterocycles. The van der Waals surface area contributed by atoms with Gasteiger partial charge in [-0.15, -0.1) is 0 Å². The molecule has 0 aliphatic carbocycles. The molecule has 0 aliphatic heterocycles. The zero-order valence-electron chi connectivity index (χ0n) is 55.2. The van der Waals surface area contributed by atoms with Gasteiger partial charge in [-0.2, -0.15) is 0 Å². The first-order valence-corrected chi connectivity index (χ1v) is 36.1. The quantitative estimate of drug-likeness (QED) is 0.0261. The van der Waals surface area contributed by atoms with E-state index < -0.39 is 6.10 Å². The standard InChI is InChI=1S/C77H136O6/c1-4-7-10-13-16-19-22-25-28-30-32-34-36-38-40-42-44-46-49-52-55-58-61-64-67-70-76(79)82-73-74(72-81-75(78)69-66-63-60-57-54-51-48-27-24-21-18-15-12-9-6-3)83-77(80)71-68-65-62-59-56-53-50-47-45-43-41-39-37-35-33-31-29-26-23-20-17-14-11-8-5-2/h7,10,16,19,25,27-28,32,34,38,40,44,46,48,74H,4-6,8-9,11-15,17-18,20-24,26,29-31,33,35-37,39,41-43,45,47,49-73H2,1-3H3/b10-7-,19-16-,28-25-,34-32-,40-38-,46-44-,48-27-. The van der Waals surface area contributed by atoms with Gasteiger partial charge in [0.05, 0.1) is 0 Å². The Bertz CT molecular complexity index is 1570. The number of hydrogen-bond acceptors (Lipinski definition) is 6. The molecule has 0 aliphatic rings. The average Bonchev–Trinajstić information content (AvgIpc) is 3.49. The molecule has 1 atom stereocenters. The van der Waals surface area contributed by atoms with Crippen LogP contribution in [0.4, 0.5) is 0 Å². The summed E-state index contributed by atoms with van der Waals surface area (Å²) in [5, 5.41) is 0. The molecule has 0 aromatic carbocycles. The molecule has 0 fully saturated rings. The van der Waals surface area contributed by atoms with Crippen molar-refractivity contribution in [3.8, 4) is 0 Å². The van der Waals surface area contributed by atoms with E-state index in [1.54, 1.807) is 0 Å². The van der Waals surface area contributed by atoms with E-state index in [1.807, 2.05) is 0 Å². The molecule has 83 heavy (non-hydrogen) atoms. The molecule has 0 bridgehead atoms. The molecule has 0 N–H and O–H groups in total. The van der Waals surface area contributed by atoms with Gasteiger partial charge >= 0.3 is 17.9 Å². The maximum absolute atomic E-state index is 13.0. The molecule has 0 rings (SSSR count). The Hall–Kier alpha value is -3.41. The number of allylic oxidation sites excluding steroid dienone is 14. The summed E-state index contributed by atoms with van der Waals surface area (Å²) in [6, 6.07) is 0. The molecule has 6 heteroatoms. The van der Waals surface area contributed by atoms with E-state index in [2.05, 4.69) is 106 Å². The van der Waals surface area contributed by atoms with Gasteiger partial charge in [0.2, 0.25) is 0 Å². The number of esters is 3. The average molecular weight is 1160 g/mol. The van der Waals surface area contributed by atoms with Crippen molar-refractivity contribution in [3.05, 3.63) is 85.1 Å². The summed E-state index contributed by atoms with van der Waals surface area (Å²) in [5.74, 6) is -0.884. The molecule has 480 valence electrons. The molecule has 6 nitrogen and oxygen atoms in total. The first-order valence-electron chi connectivity index (χ1n) is 36.1. The van der Waals surface area contributed by atoms with Crippen molar-refractivity contribution in [2.75, 3.05) is 13.2 Å². The van der Waals surface area contributed by atoms with E-state index in [1.165, 1.54) is 212 Å². The van der Waals surface area contributed by atoms with Crippen molar-refractivity contribution < 1.29 is 28.6 Å². The Labute approximate surface area is 515 Å². The van der Waals surface area contributed by atoms with E-state index >= 15 is 0 Å². The minimum absolute atomic E-state index is 0.0824. The fourth-order valence-corrected chi connectivity index (χ4v) is 10.5. The van der Waals surface area contributed by atoms with Gasteiger partial charge in [0.1, 0.15) is 13.2 Å². The Morgan fingerprint density at radius 3 is 0.747 bits per heavy atom. The summed E-state index contributed by atoms with van der Waals surface area (Å²) in [4.78, 5) is 38.5. The molecular formula is C77H136O6. The minimum Gasteiger partial charge on any atom is -0.462 e. The topological polar surface area (TPSA) is 78.9 Å². The van der Waals surface area contributed by atoms with Crippen molar-refractivity contribution in [2.45, 2.75) is 374 Å². The van der Waals surface area contributed by atoms with Crippen LogP contribution in [0.2, 0.25) is 0 Å². The third-order valence-electron chi connectivity index (χ3n) is 15.9. The Kier molecular flexibility index (Phi) is 68.2. The smallest absolute Gasteiger partial charge is 0.306 e. The monoisotopic (exact) mass is 1160 g/mol. The fraction of sp³-hybridized carbons (Fsp3) is 0.779. The zero-order valence-corrected chi connectivity index (χ0v) is 55.2. The lowest BCUT2D eigenvalue weighted by Crippen LogP contribution is -2.30. The number of carbonyl (C=O) groups is 3. The maximum atomic E-state index is 13.0. The van der Waals surface area contributed by atoms with Gasteiger partial charge in [-0.25, -0.2) is 0 Å². The van der Waals surface area contributed by atoms with Gasteiger partial charge in [0.15, 0.2) is 6.10 Å². The predicted molar refractivity (Wildman–Crippen MR) is 362 cm³/mol. The van der Waals surface area contributed by atoms with E-state index in [0.717, 1.165) is 116 Å². The van der Waals surface area contributed by atoms with Crippen LogP contribution in [0.15, 0.2) is 85.1 Å². The van der Waals surface area contributed by atoms with Gasteiger partial charge in [-0.1, -0.05) is 337 Å². The number of unbranched alkanes of at least 4 members (excludes halogenated alkanes) is 41. The molecule has 0 saturated heterocycles. The second kappa shape index (κ2) is 71.1. The van der Waals surface area contributed by atoms with Gasteiger partial charge in [-0.3, -0.25) is 14.4 Å². The third-order valence-corrected chi connectivity index (χ3v) is 15.9. The second-order valence-corrected chi connectivity index (χ2v) is 24.1. The summed E-state index contributed by atoms with van der Waals surface area (Å²) in [6.07, 6.45) is 94.7. The minimum atomic E-state index is -0.787. The predicted octanol–water partition coefficient (Wildman–Crippen LogP) is 25.0. The molecule has 0 heterocycles. The highest BCUT2D eigenvalue weighted by Gasteiger charge is 2.19. The Morgan fingerprint density at radius 2 is 0.470 bits per heavy atom. The van der Waals surface area contributed by atoms with Crippen LogP contribution in [0.5, 0.6) is 0 Å². The van der Waals surface area contributed by atoms with Crippen LogP contribution in [0.1, 0.15) is 367 Å². The lowest BCUT2D eigenvalue weighted by Gasteiger charge is -2.18. The summed E-state index contributed by atoms with van der Waals surface area (Å²) >= 11 is 0. The third kappa shape index (κ3) is 69.3. The van der Waals surface area contributed by atoms with Gasteiger partial charge in [0.25, 0.3) is 0 Å². The summed E-state index contributed by atoms with van der Waals surface area (Å²) in [7, 11) is 0. The molecule has 0 saturated carbocycles. The van der Waals surface area contributed by atoms with Crippen molar-refractivity contribution in [1.29, 1.82) is 0 Å². The molecular weight excluding hydrogens is 1020 g/mol. The van der Waals surface area contributed by atoms with Gasteiger partial charge < -0.3 is 14.2 Å². The van der Waals surface area contributed by atoms with Crippen molar-refractivity contribution >= 4 is 17.9 Å². The van der Waals surface area contributed by atoms with E-state index in [0.29, 0.717) is 19.3 Å². The maximum Gasteiger partial charge on any atom is 0.306 e. The normalized spacial score (nSPS) is 12.6. The number of rotatable bonds is 66. The Morgan fingerprint density at radius 1 is 0.253 bits per heavy atom. The highest BCUT2D eigenvalue weighted by atomic mass is 16.6. The van der Waals surface area contributed by atoms with Crippen LogP contribution < -0.4 is 0 Å².